The topological polar surface area (TPSA) is 105 Å². The molecule has 0 heterocycles. The van der Waals surface area contributed by atoms with Gasteiger partial charge in [-0.2, -0.15) is 0 Å². The second-order valence-corrected chi connectivity index (χ2v) is 3.71. The minimum absolute atomic E-state index is 0.0280. The summed E-state index contributed by atoms with van der Waals surface area (Å²) in [7, 11) is 1.21. The molecule has 0 aliphatic heterocycles. The third-order valence-corrected chi connectivity index (χ3v) is 2.25. The summed E-state index contributed by atoms with van der Waals surface area (Å²) < 4.78 is 4.40. The molecule has 19 heavy (non-hydrogen) atoms. The fraction of sp³-hybridized carbons (Fsp3) is 0.583. The number of carbonyl (C=O) groups excluding carboxylic acids is 2. The van der Waals surface area contributed by atoms with Crippen LogP contribution in [0.1, 0.15) is 25.7 Å². The lowest BCUT2D eigenvalue weighted by molar-refractivity contribution is -0.142. The van der Waals surface area contributed by atoms with Gasteiger partial charge in [0, 0.05) is 19.4 Å². The number of hydrogen-bond acceptors (Lipinski definition) is 4. The van der Waals surface area contributed by atoms with E-state index in [0.29, 0.717) is 19.4 Å². The van der Waals surface area contributed by atoms with Crippen molar-refractivity contribution in [1.82, 2.24) is 10.6 Å². The van der Waals surface area contributed by atoms with Crippen molar-refractivity contribution >= 4 is 18.0 Å². The predicted molar refractivity (Wildman–Crippen MR) is 67.3 cm³/mol. The van der Waals surface area contributed by atoms with E-state index in [2.05, 4.69) is 21.3 Å². The van der Waals surface area contributed by atoms with Crippen LogP contribution in [0.4, 0.5) is 4.79 Å². The fourth-order valence-corrected chi connectivity index (χ4v) is 1.22. The first-order valence-corrected chi connectivity index (χ1v) is 5.78. The first-order valence-electron chi connectivity index (χ1n) is 5.78. The summed E-state index contributed by atoms with van der Waals surface area (Å²) in [5.41, 5.74) is 0. The van der Waals surface area contributed by atoms with Gasteiger partial charge in [0.1, 0.15) is 6.04 Å². The third kappa shape index (κ3) is 8.49. The van der Waals surface area contributed by atoms with Gasteiger partial charge >= 0.3 is 18.0 Å². The van der Waals surface area contributed by atoms with Crippen LogP contribution in [0.2, 0.25) is 0 Å². The lowest BCUT2D eigenvalue weighted by Gasteiger charge is -2.14. The highest BCUT2D eigenvalue weighted by Crippen LogP contribution is 1.99. The summed E-state index contributed by atoms with van der Waals surface area (Å²) in [6, 6.07) is -1.74. The number of methoxy groups -OCH3 is 1. The summed E-state index contributed by atoms with van der Waals surface area (Å²) in [6.45, 7) is 0.360. The maximum absolute atomic E-state index is 11.4. The Labute approximate surface area is 111 Å². The van der Waals surface area contributed by atoms with Gasteiger partial charge in [0.25, 0.3) is 0 Å². The highest BCUT2D eigenvalue weighted by atomic mass is 16.5. The second kappa shape index (κ2) is 9.76. The highest BCUT2D eigenvalue weighted by Gasteiger charge is 2.20. The molecule has 0 saturated carbocycles. The van der Waals surface area contributed by atoms with E-state index >= 15 is 0 Å². The van der Waals surface area contributed by atoms with Crippen molar-refractivity contribution in [2.24, 2.45) is 0 Å². The van der Waals surface area contributed by atoms with Crippen molar-refractivity contribution in [3.8, 4) is 12.3 Å². The lowest BCUT2D eigenvalue weighted by atomic mass is 10.1. The number of carboxylic acid groups (broad SMARTS) is 1. The number of terminal acetylenes is 1. The van der Waals surface area contributed by atoms with Gasteiger partial charge in [-0.3, -0.25) is 4.79 Å². The van der Waals surface area contributed by atoms with E-state index in [0.717, 1.165) is 0 Å². The minimum atomic E-state index is -1.21. The maximum atomic E-state index is 11.4. The standard InChI is InChI=1S/C12H18N2O5/c1-3-4-5-8-13-12(18)14-9(11(16)17)6-7-10(15)19-2/h1,9H,4-8H2,2H3,(H,16,17)(H2,13,14,18)/t9-/m0/s1. The molecule has 7 heteroatoms. The molecule has 7 nitrogen and oxygen atoms in total. The molecule has 0 aliphatic carbocycles. The van der Waals surface area contributed by atoms with Gasteiger partial charge in [0.15, 0.2) is 0 Å². The van der Waals surface area contributed by atoms with Crippen LogP contribution < -0.4 is 10.6 Å². The highest BCUT2D eigenvalue weighted by molar-refractivity contribution is 5.83. The van der Waals surface area contributed by atoms with Crippen LogP contribution in [-0.4, -0.2) is 42.8 Å². The number of esters is 1. The minimum Gasteiger partial charge on any atom is -0.480 e. The maximum Gasteiger partial charge on any atom is 0.326 e. The number of carboxylic acids is 1. The fourth-order valence-electron chi connectivity index (χ4n) is 1.22. The zero-order chi connectivity index (χ0) is 14.7. The van der Waals surface area contributed by atoms with Crippen molar-refractivity contribution in [1.29, 1.82) is 0 Å². The van der Waals surface area contributed by atoms with Crippen LogP contribution in [0.25, 0.3) is 0 Å². The van der Waals surface area contributed by atoms with E-state index in [1.165, 1.54) is 7.11 Å². The lowest BCUT2D eigenvalue weighted by Crippen LogP contribution is -2.46. The quantitative estimate of drug-likeness (QED) is 0.330. The van der Waals surface area contributed by atoms with Crippen LogP contribution in [0.15, 0.2) is 0 Å². The number of ether oxygens (including phenoxy) is 1. The van der Waals surface area contributed by atoms with Crippen molar-refractivity contribution in [3.63, 3.8) is 0 Å². The van der Waals surface area contributed by atoms with E-state index < -0.39 is 24.0 Å². The monoisotopic (exact) mass is 270 g/mol. The Morgan fingerprint density at radius 3 is 2.63 bits per heavy atom. The van der Waals surface area contributed by atoms with Crippen molar-refractivity contribution < 1.29 is 24.2 Å². The smallest absolute Gasteiger partial charge is 0.326 e. The van der Waals surface area contributed by atoms with E-state index in [-0.39, 0.29) is 12.8 Å². The molecule has 0 spiro atoms. The van der Waals surface area contributed by atoms with Crippen molar-refractivity contribution in [2.45, 2.75) is 31.7 Å². The third-order valence-electron chi connectivity index (χ3n) is 2.25. The molecular weight excluding hydrogens is 252 g/mol. The summed E-state index contributed by atoms with van der Waals surface area (Å²) in [5.74, 6) is 0.691. The molecule has 0 aromatic carbocycles. The SMILES string of the molecule is C#CCCCNC(=O)N[C@@H](CCC(=O)OC)C(=O)O. The van der Waals surface area contributed by atoms with E-state index in [1.807, 2.05) is 0 Å². The Hall–Kier alpha value is -2.23. The molecule has 0 aromatic rings. The molecule has 1 atom stereocenters. The van der Waals surface area contributed by atoms with Gasteiger partial charge in [0.2, 0.25) is 0 Å². The van der Waals surface area contributed by atoms with Gasteiger partial charge in [-0.1, -0.05) is 0 Å². The normalized spacial score (nSPS) is 10.9. The molecule has 0 radical (unpaired) electrons. The molecule has 0 unspecified atom stereocenters. The van der Waals surface area contributed by atoms with Crippen molar-refractivity contribution in [2.75, 3.05) is 13.7 Å². The van der Waals surface area contributed by atoms with Crippen molar-refractivity contribution in [3.05, 3.63) is 0 Å². The van der Waals surface area contributed by atoms with Crippen LogP contribution in [0.3, 0.4) is 0 Å². The number of rotatable bonds is 8. The van der Waals surface area contributed by atoms with Gasteiger partial charge in [0.05, 0.1) is 7.11 Å². The van der Waals surface area contributed by atoms with E-state index in [9.17, 15) is 14.4 Å². The number of aliphatic carboxylic acids is 1. The number of carbonyl (C=O) groups is 3. The molecular formula is C12H18N2O5. The van der Waals surface area contributed by atoms with Crippen LogP contribution >= 0.6 is 0 Å². The zero-order valence-electron chi connectivity index (χ0n) is 10.8. The number of urea groups is 1. The molecule has 0 rings (SSSR count). The zero-order valence-corrected chi connectivity index (χ0v) is 10.8. The summed E-state index contributed by atoms with van der Waals surface area (Å²) in [4.78, 5) is 33.2. The Bertz CT molecular complexity index is 362. The molecule has 0 aliphatic rings. The van der Waals surface area contributed by atoms with Gasteiger partial charge < -0.3 is 20.5 Å². The van der Waals surface area contributed by atoms with Crippen LogP contribution in [-0.2, 0) is 14.3 Å². The van der Waals surface area contributed by atoms with Gasteiger partial charge in [-0.25, -0.2) is 9.59 Å². The number of amides is 2. The summed E-state index contributed by atoms with van der Waals surface area (Å²) in [6.07, 6.45) is 6.09. The Morgan fingerprint density at radius 1 is 1.42 bits per heavy atom. The number of unbranched alkanes of at least 4 members (excludes halogenated alkanes) is 1. The number of nitrogens with one attached hydrogen (secondary N) is 2. The molecule has 0 aromatic heterocycles. The molecule has 106 valence electrons. The van der Waals surface area contributed by atoms with E-state index in [1.54, 1.807) is 0 Å². The molecule has 0 bridgehead atoms. The average Bonchev–Trinajstić information content (AvgIpc) is 2.38. The van der Waals surface area contributed by atoms with Gasteiger partial charge in [-0.05, 0) is 12.8 Å². The van der Waals surface area contributed by atoms with Gasteiger partial charge in [-0.15, -0.1) is 12.3 Å². The Balaban J connectivity index is 4.05. The first-order chi connectivity index (χ1) is 9.01. The molecule has 3 N–H and O–H groups in total. The second-order valence-electron chi connectivity index (χ2n) is 3.71. The largest absolute Gasteiger partial charge is 0.480 e. The molecule has 0 fully saturated rings. The van der Waals surface area contributed by atoms with E-state index in [4.69, 9.17) is 11.5 Å². The summed E-state index contributed by atoms with van der Waals surface area (Å²) in [5, 5.41) is 13.6. The molecule has 0 saturated heterocycles. The van der Waals surface area contributed by atoms with Crippen LogP contribution in [0.5, 0.6) is 0 Å². The number of hydrogen-bond donors (Lipinski definition) is 3. The predicted octanol–water partition coefficient (Wildman–Crippen LogP) is 0.105. The average molecular weight is 270 g/mol. The molecule has 2 amide bonds. The van der Waals surface area contributed by atoms with Crippen LogP contribution in [0, 0.1) is 12.3 Å². The first kappa shape index (κ1) is 16.8. The Kier molecular flexibility index (Phi) is 8.62. The summed E-state index contributed by atoms with van der Waals surface area (Å²) >= 11 is 0. The Morgan fingerprint density at radius 2 is 2.11 bits per heavy atom.